The predicted octanol–water partition coefficient (Wildman–Crippen LogP) is 2.05. The van der Waals surface area contributed by atoms with Gasteiger partial charge in [0.1, 0.15) is 10.0 Å². The van der Waals surface area contributed by atoms with Gasteiger partial charge in [0.15, 0.2) is 0 Å². The standard InChI is InChI=1S/C8H9ClN4S/c1-5-3-6(2)13(11-5)4-7-8(9)14-12-10-7/h3H,4H2,1-2H3. The van der Waals surface area contributed by atoms with Crippen LogP contribution in [0.4, 0.5) is 0 Å². The highest BCUT2D eigenvalue weighted by Gasteiger charge is 2.08. The zero-order valence-corrected chi connectivity index (χ0v) is 9.43. The number of halogens is 1. The molecule has 0 aliphatic rings. The number of hydrogen-bond donors (Lipinski definition) is 0. The Balaban J connectivity index is 2.27. The summed E-state index contributed by atoms with van der Waals surface area (Å²) in [5, 5.41) is 8.26. The Morgan fingerprint density at radius 1 is 1.50 bits per heavy atom. The average Bonchev–Trinajstić information content (AvgIpc) is 2.62. The van der Waals surface area contributed by atoms with Crippen LogP contribution < -0.4 is 0 Å². The Kier molecular flexibility index (Phi) is 2.52. The number of hydrogen-bond acceptors (Lipinski definition) is 4. The summed E-state index contributed by atoms with van der Waals surface area (Å²) in [6.07, 6.45) is 0. The van der Waals surface area contributed by atoms with Gasteiger partial charge >= 0.3 is 0 Å². The smallest absolute Gasteiger partial charge is 0.139 e. The third-order valence-electron chi connectivity index (χ3n) is 1.91. The highest BCUT2D eigenvalue weighted by Crippen LogP contribution is 2.18. The van der Waals surface area contributed by atoms with Crippen molar-refractivity contribution in [3.63, 3.8) is 0 Å². The molecule has 14 heavy (non-hydrogen) atoms. The Labute approximate surface area is 90.7 Å². The van der Waals surface area contributed by atoms with E-state index < -0.39 is 0 Å². The summed E-state index contributed by atoms with van der Waals surface area (Å²) in [7, 11) is 0. The first-order valence-corrected chi connectivity index (χ1v) is 5.29. The first kappa shape index (κ1) is 9.61. The van der Waals surface area contributed by atoms with Crippen LogP contribution >= 0.6 is 23.1 Å². The number of nitrogens with zero attached hydrogens (tertiary/aromatic N) is 4. The Morgan fingerprint density at radius 2 is 2.29 bits per heavy atom. The largest absolute Gasteiger partial charge is 0.263 e. The third-order valence-corrected chi connectivity index (χ3v) is 2.90. The summed E-state index contributed by atoms with van der Waals surface area (Å²) in [5.74, 6) is 0. The van der Waals surface area contributed by atoms with Crippen LogP contribution in [0.25, 0.3) is 0 Å². The number of aromatic nitrogens is 4. The first-order chi connectivity index (χ1) is 6.66. The molecule has 0 aliphatic carbocycles. The van der Waals surface area contributed by atoms with Crippen molar-refractivity contribution in [2.45, 2.75) is 20.4 Å². The van der Waals surface area contributed by atoms with E-state index in [4.69, 9.17) is 11.6 Å². The molecule has 0 amide bonds. The molecular weight excluding hydrogens is 220 g/mol. The van der Waals surface area contributed by atoms with Gasteiger partial charge in [-0.3, -0.25) is 4.68 Å². The van der Waals surface area contributed by atoms with Crippen LogP contribution in [0.1, 0.15) is 17.1 Å². The summed E-state index contributed by atoms with van der Waals surface area (Å²) in [5.41, 5.74) is 2.89. The van der Waals surface area contributed by atoms with Crippen molar-refractivity contribution in [1.29, 1.82) is 0 Å². The van der Waals surface area contributed by atoms with Crippen LogP contribution in [0.3, 0.4) is 0 Å². The monoisotopic (exact) mass is 228 g/mol. The Morgan fingerprint density at radius 3 is 2.79 bits per heavy atom. The molecule has 0 saturated carbocycles. The molecule has 0 fully saturated rings. The molecule has 0 unspecified atom stereocenters. The van der Waals surface area contributed by atoms with E-state index in [0.29, 0.717) is 10.9 Å². The van der Waals surface area contributed by atoms with Crippen LogP contribution in [0, 0.1) is 13.8 Å². The molecule has 0 spiro atoms. The van der Waals surface area contributed by atoms with Crippen molar-refractivity contribution in [2.24, 2.45) is 0 Å². The summed E-state index contributed by atoms with van der Waals surface area (Å²) < 4.78 is 6.28. The normalized spacial score (nSPS) is 10.8. The van der Waals surface area contributed by atoms with E-state index in [1.165, 1.54) is 11.5 Å². The second kappa shape index (κ2) is 3.67. The fraction of sp³-hybridized carbons (Fsp3) is 0.375. The average molecular weight is 229 g/mol. The van der Waals surface area contributed by atoms with E-state index in [2.05, 4.69) is 14.7 Å². The fourth-order valence-corrected chi connectivity index (χ4v) is 1.88. The summed E-state index contributed by atoms with van der Waals surface area (Å²) in [4.78, 5) is 0. The van der Waals surface area contributed by atoms with Gasteiger partial charge in [0.25, 0.3) is 0 Å². The summed E-state index contributed by atoms with van der Waals surface area (Å²) in [6, 6.07) is 2.02. The molecule has 0 aromatic carbocycles. The van der Waals surface area contributed by atoms with Gasteiger partial charge in [0, 0.05) is 17.2 Å². The van der Waals surface area contributed by atoms with Gasteiger partial charge in [-0.25, -0.2) is 0 Å². The molecule has 2 heterocycles. The lowest BCUT2D eigenvalue weighted by molar-refractivity contribution is 0.645. The first-order valence-electron chi connectivity index (χ1n) is 4.14. The molecule has 2 aromatic rings. The molecule has 6 heteroatoms. The Bertz CT molecular complexity index is 448. The van der Waals surface area contributed by atoms with E-state index >= 15 is 0 Å². The minimum Gasteiger partial charge on any atom is -0.263 e. The van der Waals surface area contributed by atoms with Crippen LogP contribution in [0.5, 0.6) is 0 Å². The van der Waals surface area contributed by atoms with E-state index in [9.17, 15) is 0 Å². The highest BCUT2D eigenvalue weighted by molar-refractivity contribution is 7.10. The topological polar surface area (TPSA) is 43.6 Å². The maximum absolute atomic E-state index is 5.90. The third kappa shape index (κ3) is 1.78. The lowest BCUT2D eigenvalue weighted by Gasteiger charge is -2.00. The zero-order chi connectivity index (χ0) is 10.1. The van der Waals surface area contributed by atoms with Crippen molar-refractivity contribution >= 4 is 23.1 Å². The van der Waals surface area contributed by atoms with E-state index in [1.54, 1.807) is 0 Å². The van der Waals surface area contributed by atoms with Gasteiger partial charge in [-0.05, 0) is 19.9 Å². The van der Waals surface area contributed by atoms with Crippen molar-refractivity contribution in [3.05, 3.63) is 27.5 Å². The highest BCUT2D eigenvalue weighted by atomic mass is 35.5. The van der Waals surface area contributed by atoms with Gasteiger partial charge in [0.05, 0.1) is 12.2 Å². The minimum atomic E-state index is 0.592. The van der Waals surface area contributed by atoms with E-state index in [1.807, 2.05) is 24.6 Å². The second-order valence-electron chi connectivity index (χ2n) is 3.08. The fourth-order valence-electron chi connectivity index (χ4n) is 1.27. The van der Waals surface area contributed by atoms with Crippen molar-refractivity contribution in [3.8, 4) is 0 Å². The van der Waals surface area contributed by atoms with Crippen LogP contribution in [0.2, 0.25) is 4.34 Å². The quantitative estimate of drug-likeness (QED) is 0.790. The van der Waals surface area contributed by atoms with Crippen molar-refractivity contribution < 1.29 is 0 Å². The van der Waals surface area contributed by atoms with Gasteiger partial charge < -0.3 is 0 Å². The van der Waals surface area contributed by atoms with Gasteiger partial charge in [0.2, 0.25) is 0 Å². The molecule has 0 N–H and O–H groups in total. The van der Waals surface area contributed by atoms with Crippen molar-refractivity contribution in [2.75, 3.05) is 0 Å². The SMILES string of the molecule is Cc1cc(C)n(Cc2nnsc2Cl)n1. The van der Waals surface area contributed by atoms with Gasteiger partial charge in [-0.2, -0.15) is 5.10 Å². The number of aryl methyl sites for hydroxylation is 2. The minimum absolute atomic E-state index is 0.592. The maximum atomic E-state index is 5.90. The lowest BCUT2D eigenvalue weighted by Crippen LogP contribution is -2.04. The molecule has 0 bridgehead atoms. The molecule has 4 nitrogen and oxygen atoms in total. The lowest BCUT2D eigenvalue weighted by atomic mass is 10.4. The molecule has 2 rings (SSSR count). The summed E-state index contributed by atoms with van der Waals surface area (Å²) >= 11 is 7.10. The van der Waals surface area contributed by atoms with Gasteiger partial charge in [-0.1, -0.05) is 16.1 Å². The van der Waals surface area contributed by atoms with E-state index in [0.717, 1.165) is 17.1 Å². The maximum Gasteiger partial charge on any atom is 0.139 e. The predicted molar refractivity (Wildman–Crippen MR) is 55.7 cm³/mol. The molecule has 2 aromatic heterocycles. The van der Waals surface area contributed by atoms with Crippen LogP contribution in [-0.4, -0.2) is 19.4 Å². The summed E-state index contributed by atoms with van der Waals surface area (Å²) in [6.45, 7) is 4.56. The van der Waals surface area contributed by atoms with E-state index in [-0.39, 0.29) is 0 Å². The number of rotatable bonds is 2. The molecule has 0 saturated heterocycles. The molecule has 0 aliphatic heterocycles. The van der Waals surface area contributed by atoms with Gasteiger partial charge in [-0.15, -0.1) is 5.10 Å². The Hall–Kier alpha value is -0.940. The van der Waals surface area contributed by atoms with Crippen LogP contribution in [-0.2, 0) is 6.54 Å². The van der Waals surface area contributed by atoms with Crippen molar-refractivity contribution in [1.82, 2.24) is 19.4 Å². The zero-order valence-electron chi connectivity index (χ0n) is 7.86. The molecule has 74 valence electrons. The second-order valence-corrected chi connectivity index (χ2v) is 4.43. The van der Waals surface area contributed by atoms with Crippen LogP contribution in [0.15, 0.2) is 6.07 Å². The molecular formula is C8H9ClN4S. The molecule has 0 radical (unpaired) electrons. The molecule has 0 atom stereocenters.